The number of anilines is 1. The Hall–Kier alpha value is -1.92. The highest BCUT2D eigenvalue weighted by atomic mass is 16.5. The third kappa shape index (κ3) is 2.59. The Morgan fingerprint density at radius 2 is 2.26 bits per heavy atom. The molecule has 0 saturated carbocycles. The minimum absolute atomic E-state index is 0.0249. The van der Waals surface area contributed by atoms with Crippen LogP contribution in [0, 0.1) is 0 Å². The minimum atomic E-state index is -0.152. The Kier molecular flexibility index (Phi) is 3.43. The molecule has 1 atom stereocenters. The molecule has 2 aromatic rings. The highest BCUT2D eigenvalue weighted by molar-refractivity contribution is 5.57. The number of ether oxygens (including phenoxy) is 1. The van der Waals surface area contributed by atoms with Gasteiger partial charge >= 0.3 is 0 Å². The van der Waals surface area contributed by atoms with Gasteiger partial charge in [0, 0.05) is 42.9 Å². The molecule has 1 aliphatic heterocycles. The van der Waals surface area contributed by atoms with Gasteiger partial charge in [0.25, 0.3) is 0 Å². The number of aliphatic hydroxyl groups excluding tert-OH is 1. The van der Waals surface area contributed by atoms with Crippen molar-refractivity contribution >= 4 is 5.95 Å². The van der Waals surface area contributed by atoms with E-state index in [1.165, 1.54) is 0 Å². The van der Waals surface area contributed by atoms with E-state index in [1.54, 1.807) is 12.4 Å². The van der Waals surface area contributed by atoms with Gasteiger partial charge in [0.1, 0.15) is 0 Å². The van der Waals surface area contributed by atoms with Gasteiger partial charge in [-0.1, -0.05) is 0 Å². The normalized spacial score (nSPS) is 19.6. The van der Waals surface area contributed by atoms with Crippen LogP contribution in [0.15, 0.2) is 30.7 Å². The number of aliphatic hydroxyl groups is 1. The van der Waals surface area contributed by atoms with E-state index in [-0.39, 0.29) is 12.7 Å². The molecule has 1 fully saturated rings. The van der Waals surface area contributed by atoms with Gasteiger partial charge in [-0.2, -0.15) is 0 Å². The lowest BCUT2D eigenvalue weighted by Crippen LogP contribution is -2.44. The van der Waals surface area contributed by atoms with Gasteiger partial charge in [-0.3, -0.25) is 0 Å². The van der Waals surface area contributed by atoms with E-state index in [2.05, 4.69) is 15.0 Å². The smallest absolute Gasteiger partial charge is 0.225 e. The van der Waals surface area contributed by atoms with Crippen molar-refractivity contribution in [1.82, 2.24) is 15.0 Å². The quantitative estimate of drug-likeness (QED) is 0.848. The summed E-state index contributed by atoms with van der Waals surface area (Å²) >= 11 is 0. The average Bonchev–Trinajstić information content (AvgIpc) is 3.02. The van der Waals surface area contributed by atoms with Gasteiger partial charge in [0.15, 0.2) is 0 Å². The zero-order valence-electron chi connectivity index (χ0n) is 10.5. The fourth-order valence-corrected chi connectivity index (χ4v) is 2.14. The summed E-state index contributed by atoms with van der Waals surface area (Å²) in [5.41, 5.74) is 1.96. The van der Waals surface area contributed by atoms with Crippen LogP contribution >= 0.6 is 0 Å². The molecule has 0 aliphatic carbocycles. The van der Waals surface area contributed by atoms with E-state index in [0.717, 1.165) is 17.8 Å². The number of morpholine rings is 1. The second-order valence-electron chi connectivity index (χ2n) is 4.48. The molecule has 1 unspecified atom stereocenters. The number of rotatable bonds is 3. The molecule has 3 rings (SSSR count). The van der Waals surface area contributed by atoms with Crippen LogP contribution in [-0.2, 0) is 4.74 Å². The van der Waals surface area contributed by atoms with Gasteiger partial charge in [0.05, 0.1) is 19.3 Å². The molecular formula is C13H16N4O2. The summed E-state index contributed by atoms with van der Waals surface area (Å²) in [6.45, 7) is 1.99. The summed E-state index contributed by atoms with van der Waals surface area (Å²) < 4.78 is 5.41. The van der Waals surface area contributed by atoms with Crippen LogP contribution in [0.5, 0.6) is 0 Å². The first-order valence-corrected chi connectivity index (χ1v) is 6.30. The molecule has 1 aliphatic rings. The van der Waals surface area contributed by atoms with Crippen LogP contribution in [0.25, 0.3) is 11.3 Å². The summed E-state index contributed by atoms with van der Waals surface area (Å²) in [7, 11) is 0. The van der Waals surface area contributed by atoms with Gasteiger partial charge in [-0.15, -0.1) is 0 Å². The van der Waals surface area contributed by atoms with Crippen molar-refractivity contribution in [3.05, 3.63) is 30.7 Å². The van der Waals surface area contributed by atoms with Crippen LogP contribution in [0.3, 0.4) is 0 Å². The molecule has 19 heavy (non-hydrogen) atoms. The van der Waals surface area contributed by atoms with Crippen LogP contribution in [0.2, 0.25) is 0 Å². The first kappa shape index (κ1) is 12.1. The summed E-state index contributed by atoms with van der Waals surface area (Å²) in [6, 6.07) is 3.92. The van der Waals surface area contributed by atoms with E-state index < -0.39 is 0 Å². The lowest BCUT2D eigenvalue weighted by atomic mass is 10.2. The molecule has 0 amide bonds. The van der Waals surface area contributed by atoms with E-state index in [0.29, 0.717) is 19.1 Å². The molecule has 0 radical (unpaired) electrons. The number of hydrogen-bond donors (Lipinski definition) is 2. The maximum absolute atomic E-state index is 9.13. The topological polar surface area (TPSA) is 74.3 Å². The summed E-state index contributed by atoms with van der Waals surface area (Å²) in [5, 5.41) is 9.13. The highest BCUT2D eigenvalue weighted by Crippen LogP contribution is 2.18. The van der Waals surface area contributed by atoms with E-state index in [1.807, 2.05) is 23.2 Å². The first-order chi connectivity index (χ1) is 9.36. The van der Waals surface area contributed by atoms with Gasteiger partial charge in [-0.25, -0.2) is 9.97 Å². The second kappa shape index (κ2) is 5.38. The molecular weight excluding hydrogens is 244 g/mol. The van der Waals surface area contributed by atoms with Crippen LogP contribution in [-0.4, -0.2) is 52.5 Å². The van der Waals surface area contributed by atoms with Crippen molar-refractivity contribution in [3.8, 4) is 11.3 Å². The SMILES string of the molecule is OCC1CN(c2ncc(-c3ccc[nH]3)cn2)CCO1. The zero-order valence-corrected chi connectivity index (χ0v) is 10.5. The maximum atomic E-state index is 9.13. The van der Waals surface area contributed by atoms with E-state index in [9.17, 15) is 0 Å². The Balaban J connectivity index is 1.75. The Bertz CT molecular complexity index is 512. The third-order valence-electron chi connectivity index (χ3n) is 3.17. The summed E-state index contributed by atoms with van der Waals surface area (Å²) in [4.78, 5) is 13.9. The van der Waals surface area contributed by atoms with Gasteiger partial charge in [0.2, 0.25) is 5.95 Å². The third-order valence-corrected chi connectivity index (χ3v) is 3.17. The zero-order chi connectivity index (χ0) is 13.1. The highest BCUT2D eigenvalue weighted by Gasteiger charge is 2.21. The van der Waals surface area contributed by atoms with Crippen LogP contribution in [0.1, 0.15) is 0 Å². The second-order valence-corrected chi connectivity index (χ2v) is 4.48. The van der Waals surface area contributed by atoms with Crippen LogP contribution in [0.4, 0.5) is 5.95 Å². The van der Waals surface area contributed by atoms with Crippen molar-refractivity contribution < 1.29 is 9.84 Å². The average molecular weight is 260 g/mol. The predicted octanol–water partition coefficient (Wildman–Crippen LogP) is 0.669. The lowest BCUT2D eigenvalue weighted by molar-refractivity contribution is 0.00314. The first-order valence-electron chi connectivity index (χ1n) is 6.30. The monoisotopic (exact) mass is 260 g/mol. The molecule has 100 valence electrons. The van der Waals surface area contributed by atoms with Gasteiger partial charge in [-0.05, 0) is 12.1 Å². The Labute approximate surface area is 111 Å². The van der Waals surface area contributed by atoms with Crippen molar-refractivity contribution in [3.63, 3.8) is 0 Å². The molecule has 2 N–H and O–H groups in total. The maximum Gasteiger partial charge on any atom is 0.225 e. The number of nitrogens with one attached hydrogen (secondary N) is 1. The molecule has 0 aromatic carbocycles. The van der Waals surface area contributed by atoms with Gasteiger partial charge < -0.3 is 19.7 Å². The number of nitrogens with zero attached hydrogens (tertiary/aromatic N) is 3. The van der Waals surface area contributed by atoms with E-state index >= 15 is 0 Å². The molecule has 3 heterocycles. The van der Waals surface area contributed by atoms with Crippen molar-refractivity contribution in [2.45, 2.75) is 6.10 Å². The van der Waals surface area contributed by atoms with E-state index in [4.69, 9.17) is 9.84 Å². The van der Waals surface area contributed by atoms with Crippen molar-refractivity contribution in [2.75, 3.05) is 31.2 Å². The molecule has 2 aromatic heterocycles. The fourth-order valence-electron chi connectivity index (χ4n) is 2.14. The molecule has 0 bridgehead atoms. The van der Waals surface area contributed by atoms with Crippen LogP contribution < -0.4 is 4.90 Å². The fraction of sp³-hybridized carbons (Fsp3) is 0.385. The molecule has 0 spiro atoms. The molecule has 6 heteroatoms. The molecule has 1 saturated heterocycles. The number of hydrogen-bond acceptors (Lipinski definition) is 5. The van der Waals surface area contributed by atoms with Crippen molar-refractivity contribution in [1.29, 1.82) is 0 Å². The predicted molar refractivity (Wildman–Crippen MR) is 70.9 cm³/mol. The largest absolute Gasteiger partial charge is 0.394 e. The number of aromatic nitrogens is 3. The van der Waals surface area contributed by atoms with Crippen molar-refractivity contribution in [2.24, 2.45) is 0 Å². The Morgan fingerprint density at radius 3 is 2.95 bits per heavy atom. The molecule has 6 nitrogen and oxygen atoms in total. The number of aromatic amines is 1. The minimum Gasteiger partial charge on any atom is -0.394 e. The summed E-state index contributed by atoms with van der Waals surface area (Å²) in [6.07, 6.45) is 5.33. The standard InChI is InChI=1S/C13H16N4O2/c18-9-11-8-17(4-5-19-11)13-15-6-10(7-16-13)12-2-1-3-14-12/h1-3,6-7,11,14,18H,4-5,8-9H2. The Morgan fingerprint density at radius 1 is 1.42 bits per heavy atom. The number of H-pyrrole nitrogens is 1. The summed E-state index contributed by atoms with van der Waals surface area (Å²) in [5.74, 6) is 0.678. The lowest BCUT2D eigenvalue weighted by Gasteiger charge is -2.31.